The Morgan fingerprint density at radius 2 is 1.74 bits per heavy atom. The Morgan fingerprint density at radius 3 is 2.29 bits per heavy atom. The second-order valence-electron chi connectivity index (χ2n) is 8.49. The highest BCUT2D eigenvalue weighted by Crippen LogP contribution is 2.38. The summed E-state index contributed by atoms with van der Waals surface area (Å²) in [7, 11) is 5.44. The normalized spacial score (nSPS) is 15.7. The topological polar surface area (TPSA) is 69.2 Å². The van der Waals surface area contributed by atoms with Gasteiger partial charge in [0.2, 0.25) is 5.91 Å². The van der Waals surface area contributed by atoms with Crippen molar-refractivity contribution in [2.75, 3.05) is 53.9 Å². The molecule has 1 aromatic rings. The first-order chi connectivity index (χ1) is 14.9. The summed E-state index contributed by atoms with van der Waals surface area (Å²) in [6, 6.07) is 8.17. The van der Waals surface area contributed by atoms with Crippen LogP contribution in [0.4, 0.5) is 0 Å². The van der Waals surface area contributed by atoms with E-state index in [4.69, 9.17) is 4.74 Å². The summed E-state index contributed by atoms with van der Waals surface area (Å²) in [5.74, 6) is 1.82. The third-order valence-electron chi connectivity index (χ3n) is 6.19. The van der Waals surface area contributed by atoms with Gasteiger partial charge in [-0.15, -0.1) is 0 Å². The first-order valence-electron chi connectivity index (χ1n) is 11.5. The number of likely N-dealkylation sites (N-methyl/N-ethyl adjacent to an activating group) is 1. The first kappa shape index (κ1) is 25.0. The predicted molar refractivity (Wildman–Crippen MR) is 128 cm³/mol. The molecule has 0 unspecified atom stereocenters. The van der Waals surface area contributed by atoms with Gasteiger partial charge in [-0.3, -0.25) is 9.79 Å². The minimum absolute atomic E-state index is 0.213. The van der Waals surface area contributed by atoms with Gasteiger partial charge in [-0.05, 0) is 43.6 Å². The third kappa shape index (κ3) is 7.42. The molecule has 7 heteroatoms. The summed E-state index contributed by atoms with van der Waals surface area (Å²) < 4.78 is 5.86. The van der Waals surface area contributed by atoms with Gasteiger partial charge in [0.25, 0.3) is 0 Å². The molecular formula is C24H41N5O2. The molecule has 0 aromatic heterocycles. The van der Waals surface area contributed by atoms with Crippen molar-refractivity contribution in [1.82, 2.24) is 20.4 Å². The molecular weight excluding hydrogens is 390 g/mol. The number of carbonyl (C=O) groups is 1. The molecule has 1 aliphatic carbocycles. The van der Waals surface area contributed by atoms with Crippen molar-refractivity contribution in [2.24, 2.45) is 10.4 Å². The molecule has 0 radical (unpaired) electrons. The van der Waals surface area contributed by atoms with Gasteiger partial charge in [0.1, 0.15) is 12.4 Å². The van der Waals surface area contributed by atoms with Crippen LogP contribution in [0.25, 0.3) is 0 Å². The van der Waals surface area contributed by atoms with Crippen molar-refractivity contribution in [2.45, 2.75) is 46.1 Å². The fourth-order valence-corrected chi connectivity index (χ4v) is 4.19. The van der Waals surface area contributed by atoms with E-state index in [-0.39, 0.29) is 11.3 Å². The van der Waals surface area contributed by atoms with Gasteiger partial charge in [-0.25, -0.2) is 0 Å². The molecule has 0 bridgehead atoms. The monoisotopic (exact) mass is 431 g/mol. The van der Waals surface area contributed by atoms with E-state index >= 15 is 0 Å². The highest BCUT2D eigenvalue weighted by molar-refractivity contribution is 5.85. The minimum atomic E-state index is -0.314. The van der Waals surface area contributed by atoms with Crippen LogP contribution in [-0.4, -0.2) is 75.6 Å². The number of benzene rings is 1. The molecule has 1 fully saturated rings. The van der Waals surface area contributed by atoms with Gasteiger partial charge < -0.3 is 25.2 Å². The van der Waals surface area contributed by atoms with Crippen molar-refractivity contribution in [1.29, 1.82) is 0 Å². The number of hydrogen-bond acceptors (Lipinski definition) is 4. The van der Waals surface area contributed by atoms with E-state index in [1.165, 1.54) is 0 Å². The highest BCUT2D eigenvalue weighted by atomic mass is 16.5. The number of aliphatic imine (C=N–C) groups is 1. The van der Waals surface area contributed by atoms with E-state index in [0.717, 1.165) is 62.6 Å². The van der Waals surface area contributed by atoms with E-state index in [1.54, 1.807) is 11.9 Å². The second-order valence-corrected chi connectivity index (χ2v) is 8.49. The Hall–Kier alpha value is -2.28. The lowest BCUT2D eigenvalue weighted by Crippen LogP contribution is -2.49. The zero-order chi connectivity index (χ0) is 22.7. The molecule has 2 rings (SSSR count). The third-order valence-corrected chi connectivity index (χ3v) is 6.19. The SMILES string of the molecule is CCN(CC)CCOc1ccc(CNC(=NC)NCC2(C(=O)N(C)C)CCCC2)cc1. The standard InChI is InChI=1S/C24H41N5O2/c1-6-29(7-2)16-17-31-21-12-10-20(11-13-21)18-26-23(25-3)27-19-24(14-8-9-15-24)22(30)28(4)5/h10-13H,6-9,14-19H2,1-5H3,(H2,25,26,27). The molecule has 31 heavy (non-hydrogen) atoms. The fraction of sp³-hybridized carbons (Fsp3) is 0.667. The molecule has 1 aliphatic rings. The Kier molecular flexibility index (Phi) is 10.1. The lowest BCUT2D eigenvalue weighted by molar-refractivity contribution is -0.138. The largest absolute Gasteiger partial charge is 0.492 e. The van der Waals surface area contributed by atoms with Gasteiger partial charge >= 0.3 is 0 Å². The highest BCUT2D eigenvalue weighted by Gasteiger charge is 2.42. The number of amides is 1. The Labute approximate surface area is 188 Å². The molecule has 0 saturated heterocycles. The zero-order valence-electron chi connectivity index (χ0n) is 20.0. The van der Waals surface area contributed by atoms with Gasteiger partial charge in [0, 0.05) is 40.8 Å². The summed E-state index contributed by atoms with van der Waals surface area (Å²) >= 11 is 0. The van der Waals surface area contributed by atoms with Crippen molar-refractivity contribution in [3.05, 3.63) is 29.8 Å². The van der Waals surface area contributed by atoms with Crippen LogP contribution in [0, 0.1) is 5.41 Å². The van der Waals surface area contributed by atoms with Gasteiger partial charge in [0.05, 0.1) is 5.41 Å². The van der Waals surface area contributed by atoms with Crippen LogP contribution in [-0.2, 0) is 11.3 Å². The number of guanidine groups is 1. The number of nitrogens with one attached hydrogen (secondary N) is 2. The maximum Gasteiger partial charge on any atom is 0.230 e. The van der Waals surface area contributed by atoms with Crippen LogP contribution in [0.5, 0.6) is 5.75 Å². The number of ether oxygens (including phenoxy) is 1. The maximum absolute atomic E-state index is 12.7. The van der Waals surface area contributed by atoms with E-state index in [0.29, 0.717) is 19.7 Å². The van der Waals surface area contributed by atoms with Gasteiger partial charge in [0.15, 0.2) is 5.96 Å². The van der Waals surface area contributed by atoms with E-state index in [9.17, 15) is 4.79 Å². The Bertz CT molecular complexity index is 692. The lowest BCUT2D eigenvalue weighted by Gasteiger charge is -2.31. The van der Waals surface area contributed by atoms with Crippen LogP contribution in [0.2, 0.25) is 0 Å². The van der Waals surface area contributed by atoms with Crippen LogP contribution in [0.1, 0.15) is 45.1 Å². The average Bonchev–Trinajstić information content (AvgIpc) is 3.27. The first-order valence-corrected chi connectivity index (χ1v) is 11.5. The van der Waals surface area contributed by atoms with Crippen molar-refractivity contribution < 1.29 is 9.53 Å². The molecule has 174 valence electrons. The predicted octanol–water partition coefficient (Wildman–Crippen LogP) is 2.72. The number of rotatable bonds is 11. The zero-order valence-corrected chi connectivity index (χ0v) is 20.0. The Balaban J connectivity index is 1.81. The van der Waals surface area contributed by atoms with Crippen molar-refractivity contribution in [3.8, 4) is 5.75 Å². The number of carbonyl (C=O) groups excluding carboxylic acids is 1. The summed E-state index contributed by atoms with van der Waals surface area (Å²) in [5, 5.41) is 6.74. The van der Waals surface area contributed by atoms with Crippen LogP contribution in [0.3, 0.4) is 0 Å². The van der Waals surface area contributed by atoms with Crippen LogP contribution < -0.4 is 15.4 Å². The molecule has 0 spiro atoms. The van der Waals surface area contributed by atoms with E-state index < -0.39 is 0 Å². The van der Waals surface area contributed by atoms with Gasteiger partial charge in [-0.1, -0.05) is 38.8 Å². The summed E-state index contributed by atoms with van der Waals surface area (Å²) in [5.41, 5.74) is 0.838. The smallest absolute Gasteiger partial charge is 0.230 e. The Morgan fingerprint density at radius 1 is 1.10 bits per heavy atom. The second kappa shape index (κ2) is 12.5. The molecule has 1 aromatic carbocycles. The van der Waals surface area contributed by atoms with E-state index in [2.05, 4.69) is 46.5 Å². The van der Waals surface area contributed by atoms with Gasteiger partial charge in [-0.2, -0.15) is 0 Å². The van der Waals surface area contributed by atoms with Crippen molar-refractivity contribution >= 4 is 11.9 Å². The molecule has 2 N–H and O–H groups in total. The molecule has 7 nitrogen and oxygen atoms in total. The van der Waals surface area contributed by atoms with E-state index in [1.807, 2.05) is 26.2 Å². The molecule has 0 heterocycles. The number of nitrogens with zero attached hydrogens (tertiary/aromatic N) is 3. The number of hydrogen-bond donors (Lipinski definition) is 2. The van der Waals surface area contributed by atoms with Crippen LogP contribution >= 0.6 is 0 Å². The molecule has 0 atom stereocenters. The molecule has 1 saturated carbocycles. The minimum Gasteiger partial charge on any atom is -0.492 e. The molecule has 1 amide bonds. The average molecular weight is 432 g/mol. The molecule has 0 aliphatic heterocycles. The van der Waals surface area contributed by atoms with Crippen molar-refractivity contribution in [3.63, 3.8) is 0 Å². The summed E-state index contributed by atoms with van der Waals surface area (Å²) in [6.45, 7) is 9.34. The summed E-state index contributed by atoms with van der Waals surface area (Å²) in [6.07, 6.45) is 4.08. The van der Waals surface area contributed by atoms with Crippen LogP contribution in [0.15, 0.2) is 29.3 Å². The fourth-order valence-electron chi connectivity index (χ4n) is 4.19. The maximum atomic E-state index is 12.7. The lowest BCUT2D eigenvalue weighted by atomic mass is 9.84. The summed E-state index contributed by atoms with van der Waals surface area (Å²) in [4.78, 5) is 21.1. The quantitative estimate of drug-likeness (QED) is 0.416.